The number of sulfonamides is 1. The van der Waals surface area contributed by atoms with Crippen molar-refractivity contribution in [3.8, 4) is 0 Å². The minimum absolute atomic E-state index is 0.319. The van der Waals surface area contributed by atoms with Crippen molar-refractivity contribution >= 4 is 26.0 Å². The fourth-order valence-corrected chi connectivity index (χ4v) is 2.48. The number of benzene rings is 1. The average molecular weight is 348 g/mol. The van der Waals surface area contributed by atoms with Crippen LogP contribution in [0.5, 0.6) is 0 Å². The van der Waals surface area contributed by atoms with E-state index in [0.29, 0.717) is 4.47 Å². The molecule has 0 aromatic heterocycles. The molecule has 102 valence electrons. The van der Waals surface area contributed by atoms with Crippen LogP contribution >= 0.6 is 15.9 Å². The van der Waals surface area contributed by atoms with E-state index in [0.717, 1.165) is 12.1 Å². The smallest absolute Gasteiger partial charge is 0.283 e. The maximum atomic E-state index is 13.4. The van der Waals surface area contributed by atoms with Gasteiger partial charge in [-0.3, -0.25) is 0 Å². The number of hydrogen-bond acceptors (Lipinski definition) is 3. The summed E-state index contributed by atoms with van der Waals surface area (Å²) in [5, 5.41) is 8.29. The number of aliphatic hydroxyl groups excluding tert-OH is 1. The molecule has 0 saturated carbocycles. The van der Waals surface area contributed by atoms with E-state index in [9.17, 15) is 21.6 Å². The lowest BCUT2D eigenvalue weighted by Crippen LogP contribution is -2.39. The van der Waals surface area contributed by atoms with E-state index in [1.54, 1.807) is 0 Å². The van der Waals surface area contributed by atoms with E-state index in [4.69, 9.17) is 5.11 Å². The van der Waals surface area contributed by atoms with Gasteiger partial charge in [0.25, 0.3) is 5.92 Å². The predicted octanol–water partition coefficient (Wildman–Crippen LogP) is 1.49. The summed E-state index contributed by atoms with van der Waals surface area (Å²) in [6.45, 7) is -2.81. The van der Waals surface area contributed by atoms with Crippen LogP contribution in [-0.2, 0) is 10.0 Å². The summed E-state index contributed by atoms with van der Waals surface area (Å²) in [6.07, 6.45) is 0. The standard InChI is InChI=1S/C9H9BrF3NO3S/c10-6-1-2-8(7(11)3-6)18(16,17)14-4-9(12,13)5-15/h1-3,14-15H,4-5H2. The highest BCUT2D eigenvalue weighted by Crippen LogP contribution is 2.20. The SMILES string of the molecule is O=S(=O)(NCC(F)(F)CO)c1ccc(Br)cc1F. The Kier molecular flexibility index (Phi) is 4.76. The molecule has 1 aromatic carbocycles. The van der Waals surface area contributed by atoms with E-state index >= 15 is 0 Å². The van der Waals surface area contributed by atoms with Crippen LogP contribution in [0.4, 0.5) is 13.2 Å². The highest BCUT2D eigenvalue weighted by atomic mass is 79.9. The van der Waals surface area contributed by atoms with Gasteiger partial charge in [-0.05, 0) is 18.2 Å². The van der Waals surface area contributed by atoms with Crippen LogP contribution < -0.4 is 4.72 Å². The number of nitrogens with one attached hydrogen (secondary N) is 1. The molecule has 0 amide bonds. The third-order valence-electron chi connectivity index (χ3n) is 1.94. The maximum absolute atomic E-state index is 13.4. The van der Waals surface area contributed by atoms with Crippen molar-refractivity contribution in [2.75, 3.05) is 13.2 Å². The molecule has 9 heteroatoms. The molecule has 0 spiro atoms. The van der Waals surface area contributed by atoms with Gasteiger partial charge in [0.05, 0.1) is 6.54 Å². The quantitative estimate of drug-likeness (QED) is 0.848. The Bertz CT molecular complexity index is 536. The third kappa shape index (κ3) is 3.94. The zero-order valence-corrected chi connectivity index (χ0v) is 11.2. The molecule has 4 nitrogen and oxygen atoms in total. The average Bonchev–Trinajstić information content (AvgIpc) is 2.26. The summed E-state index contributed by atoms with van der Waals surface area (Å²) >= 11 is 2.94. The lowest BCUT2D eigenvalue weighted by molar-refractivity contribution is -0.0437. The Balaban J connectivity index is 2.94. The predicted molar refractivity (Wildman–Crippen MR) is 61.3 cm³/mol. The lowest BCUT2D eigenvalue weighted by atomic mass is 10.3. The highest BCUT2D eigenvalue weighted by Gasteiger charge is 2.31. The Labute approximate surface area is 110 Å². The molecule has 0 saturated heterocycles. The van der Waals surface area contributed by atoms with Crippen LogP contribution in [0.1, 0.15) is 0 Å². The molecule has 0 bridgehead atoms. The van der Waals surface area contributed by atoms with Crippen LogP contribution in [0.25, 0.3) is 0 Å². The van der Waals surface area contributed by atoms with Gasteiger partial charge in [0, 0.05) is 4.47 Å². The van der Waals surface area contributed by atoms with Crippen molar-refractivity contribution < 1.29 is 26.7 Å². The van der Waals surface area contributed by atoms with Crippen molar-refractivity contribution in [3.05, 3.63) is 28.5 Å². The summed E-state index contributed by atoms with van der Waals surface area (Å²) in [5.74, 6) is -4.66. The zero-order valence-electron chi connectivity index (χ0n) is 8.83. The molecular formula is C9H9BrF3NO3S. The van der Waals surface area contributed by atoms with Crippen LogP contribution in [0.15, 0.2) is 27.6 Å². The second-order valence-corrected chi connectivity index (χ2v) is 6.06. The second kappa shape index (κ2) is 5.55. The summed E-state index contributed by atoms with van der Waals surface area (Å²) in [4.78, 5) is -0.737. The normalized spacial score (nSPS) is 12.7. The van der Waals surface area contributed by atoms with Gasteiger partial charge in [-0.15, -0.1) is 0 Å². The fourth-order valence-electron chi connectivity index (χ4n) is 1.03. The molecule has 1 rings (SSSR count). The number of aliphatic hydroxyl groups is 1. The third-order valence-corrected chi connectivity index (χ3v) is 3.86. The Morgan fingerprint density at radius 1 is 1.39 bits per heavy atom. The number of hydrogen-bond donors (Lipinski definition) is 2. The summed E-state index contributed by atoms with van der Waals surface area (Å²) in [7, 11) is -4.39. The zero-order chi connectivity index (χ0) is 14.0. The van der Waals surface area contributed by atoms with Gasteiger partial charge in [-0.1, -0.05) is 15.9 Å². The van der Waals surface area contributed by atoms with Gasteiger partial charge in [0.15, 0.2) is 0 Å². The van der Waals surface area contributed by atoms with Gasteiger partial charge in [0.1, 0.15) is 17.3 Å². The molecule has 1 aromatic rings. The van der Waals surface area contributed by atoms with Crippen molar-refractivity contribution in [2.45, 2.75) is 10.8 Å². The molecule has 18 heavy (non-hydrogen) atoms. The lowest BCUT2D eigenvalue weighted by Gasteiger charge is -2.14. The molecule has 0 unspecified atom stereocenters. The van der Waals surface area contributed by atoms with Gasteiger partial charge < -0.3 is 5.11 Å². The van der Waals surface area contributed by atoms with Crippen molar-refractivity contribution in [2.24, 2.45) is 0 Å². The van der Waals surface area contributed by atoms with E-state index in [2.05, 4.69) is 15.9 Å². The van der Waals surface area contributed by atoms with E-state index in [1.807, 2.05) is 0 Å². The van der Waals surface area contributed by atoms with Gasteiger partial charge in [-0.2, -0.15) is 0 Å². The van der Waals surface area contributed by atoms with E-state index < -0.39 is 39.8 Å². The molecule has 2 N–H and O–H groups in total. The molecule has 0 radical (unpaired) electrons. The van der Waals surface area contributed by atoms with E-state index in [1.165, 1.54) is 10.8 Å². The first-order valence-electron chi connectivity index (χ1n) is 4.61. The topological polar surface area (TPSA) is 66.4 Å². The Morgan fingerprint density at radius 2 is 2.00 bits per heavy atom. The summed E-state index contributed by atoms with van der Waals surface area (Å²) in [6, 6.07) is 3.11. The second-order valence-electron chi connectivity index (χ2n) is 3.41. The summed E-state index contributed by atoms with van der Waals surface area (Å²) < 4.78 is 63.7. The van der Waals surface area contributed by atoms with Crippen molar-refractivity contribution in [1.29, 1.82) is 0 Å². The van der Waals surface area contributed by atoms with Crippen molar-refractivity contribution in [3.63, 3.8) is 0 Å². The Hall–Kier alpha value is -0.640. The molecule has 0 aliphatic heterocycles. The first kappa shape index (κ1) is 15.4. The molecule has 0 fully saturated rings. The number of rotatable bonds is 5. The van der Waals surface area contributed by atoms with Gasteiger partial charge >= 0.3 is 0 Å². The largest absolute Gasteiger partial charge is 0.390 e. The number of alkyl halides is 2. The molecule has 0 aliphatic rings. The number of halogens is 4. The van der Waals surface area contributed by atoms with Crippen LogP contribution in [0, 0.1) is 5.82 Å². The molecule has 0 atom stereocenters. The minimum atomic E-state index is -4.39. The summed E-state index contributed by atoms with van der Waals surface area (Å²) in [5.41, 5.74) is 0. The monoisotopic (exact) mass is 347 g/mol. The Morgan fingerprint density at radius 3 is 2.50 bits per heavy atom. The fraction of sp³-hybridized carbons (Fsp3) is 0.333. The van der Waals surface area contributed by atoms with Crippen LogP contribution in [-0.4, -0.2) is 32.6 Å². The van der Waals surface area contributed by atoms with Crippen LogP contribution in [0.2, 0.25) is 0 Å². The minimum Gasteiger partial charge on any atom is -0.390 e. The first-order chi connectivity index (χ1) is 8.18. The molecule has 0 aliphatic carbocycles. The molecular weight excluding hydrogens is 339 g/mol. The van der Waals surface area contributed by atoms with Crippen LogP contribution in [0.3, 0.4) is 0 Å². The van der Waals surface area contributed by atoms with E-state index in [-0.39, 0.29) is 0 Å². The first-order valence-corrected chi connectivity index (χ1v) is 6.89. The maximum Gasteiger partial charge on any atom is 0.283 e. The molecule has 0 heterocycles. The van der Waals surface area contributed by atoms with Gasteiger partial charge in [0.2, 0.25) is 10.0 Å². The van der Waals surface area contributed by atoms with Crippen molar-refractivity contribution in [1.82, 2.24) is 4.72 Å². The highest BCUT2D eigenvalue weighted by molar-refractivity contribution is 9.10. The van der Waals surface area contributed by atoms with Gasteiger partial charge in [-0.25, -0.2) is 26.3 Å².